The maximum absolute atomic E-state index is 13.4. The van der Waals surface area contributed by atoms with Crippen molar-refractivity contribution in [3.63, 3.8) is 0 Å². The van der Waals surface area contributed by atoms with E-state index in [9.17, 15) is 4.79 Å². The average molecular weight is 457 g/mol. The number of hydrogen-bond donors (Lipinski definition) is 2. The van der Waals surface area contributed by atoms with Crippen LogP contribution in [0.15, 0.2) is 55.0 Å². The number of methoxy groups -OCH3 is 1. The first kappa shape index (κ1) is 21.9. The van der Waals surface area contributed by atoms with Crippen molar-refractivity contribution in [1.29, 1.82) is 0 Å². The number of nitrogen functional groups attached to an aromatic ring is 1. The van der Waals surface area contributed by atoms with Crippen LogP contribution in [0.1, 0.15) is 53.1 Å². The SMILES string of the molecule is COc1ncc(-c2cc(C)c3c(N)ncnn23)cc1C(=O)NC1CCCC(c2ccccc2)C1. The first-order chi connectivity index (χ1) is 16.5. The van der Waals surface area contributed by atoms with Crippen LogP contribution in [0, 0.1) is 6.92 Å². The molecule has 34 heavy (non-hydrogen) atoms. The van der Waals surface area contributed by atoms with Crippen molar-refractivity contribution in [2.45, 2.75) is 44.6 Å². The van der Waals surface area contributed by atoms with Gasteiger partial charge in [-0.3, -0.25) is 4.79 Å². The summed E-state index contributed by atoms with van der Waals surface area (Å²) in [6, 6.07) is 14.4. The van der Waals surface area contributed by atoms with Crippen molar-refractivity contribution in [3.8, 4) is 17.1 Å². The van der Waals surface area contributed by atoms with Crippen LogP contribution in [0.3, 0.4) is 0 Å². The number of carbonyl (C=O) groups is 1. The molecule has 8 nitrogen and oxygen atoms in total. The zero-order valence-corrected chi connectivity index (χ0v) is 19.4. The molecule has 1 aromatic carbocycles. The number of pyridine rings is 1. The quantitative estimate of drug-likeness (QED) is 0.467. The third kappa shape index (κ3) is 4.07. The molecular formula is C26H28N6O2. The molecule has 1 saturated carbocycles. The van der Waals surface area contributed by atoms with E-state index in [1.54, 1.807) is 16.8 Å². The third-order valence-corrected chi connectivity index (χ3v) is 6.64. The number of fused-ring (bicyclic) bond motifs is 1. The molecule has 3 aromatic heterocycles. The smallest absolute Gasteiger partial charge is 0.257 e. The van der Waals surface area contributed by atoms with E-state index in [0.717, 1.165) is 48.0 Å². The summed E-state index contributed by atoms with van der Waals surface area (Å²) in [5, 5.41) is 7.58. The summed E-state index contributed by atoms with van der Waals surface area (Å²) in [6.45, 7) is 1.95. The van der Waals surface area contributed by atoms with Crippen LogP contribution in [0.4, 0.5) is 5.82 Å². The molecule has 5 rings (SSSR count). The van der Waals surface area contributed by atoms with Crippen molar-refractivity contribution in [1.82, 2.24) is 24.9 Å². The first-order valence-electron chi connectivity index (χ1n) is 11.5. The van der Waals surface area contributed by atoms with E-state index in [2.05, 4.69) is 44.6 Å². The van der Waals surface area contributed by atoms with Gasteiger partial charge >= 0.3 is 0 Å². The lowest BCUT2D eigenvalue weighted by atomic mass is 9.81. The topological polar surface area (TPSA) is 107 Å². The summed E-state index contributed by atoms with van der Waals surface area (Å²) in [5.41, 5.74) is 11.0. The Morgan fingerprint density at radius 3 is 2.79 bits per heavy atom. The van der Waals surface area contributed by atoms with Crippen LogP contribution in [0.25, 0.3) is 16.8 Å². The maximum atomic E-state index is 13.4. The lowest BCUT2D eigenvalue weighted by molar-refractivity contribution is 0.0921. The number of rotatable bonds is 5. The molecule has 3 heterocycles. The second-order valence-electron chi connectivity index (χ2n) is 8.84. The van der Waals surface area contributed by atoms with Gasteiger partial charge in [-0.15, -0.1) is 0 Å². The van der Waals surface area contributed by atoms with Gasteiger partial charge in [-0.05, 0) is 55.4 Å². The predicted molar refractivity (Wildman–Crippen MR) is 131 cm³/mol. The molecule has 1 fully saturated rings. The Hall–Kier alpha value is -3.94. The van der Waals surface area contributed by atoms with Gasteiger partial charge in [-0.2, -0.15) is 5.10 Å². The van der Waals surface area contributed by atoms with Gasteiger partial charge < -0.3 is 15.8 Å². The van der Waals surface area contributed by atoms with E-state index >= 15 is 0 Å². The summed E-state index contributed by atoms with van der Waals surface area (Å²) in [6.07, 6.45) is 7.20. The molecule has 0 saturated heterocycles. The summed E-state index contributed by atoms with van der Waals surface area (Å²) in [4.78, 5) is 21.9. The molecule has 0 radical (unpaired) electrons. The van der Waals surface area contributed by atoms with Gasteiger partial charge in [0.1, 0.15) is 17.4 Å². The lowest BCUT2D eigenvalue weighted by Crippen LogP contribution is -2.38. The fourth-order valence-corrected chi connectivity index (χ4v) is 4.99. The van der Waals surface area contributed by atoms with E-state index in [0.29, 0.717) is 23.2 Å². The predicted octanol–water partition coefficient (Wildman–Crippen LogP) is 4.15. The van der Waals surface area contributed by atoms with E-state index < -0.39 is 0 Å². The van der Waals surface area contributed by atoms with Gasteiger partial charge in [0.15, 0.2) is 5.82 Å². The monoisotopic (exact) mass is 456 g/mol. The Labute approximate surface area is 198 Å². The molecule has 1 aliphatic rings. The Balaban J connectivity index is 1.42. The van der Waals surface area contributed by atoms with Crippen LogP contribution in [0.2, 0.25) is 0 Å². The maximum Gasteiger partial charge on any atom is 0.257 e. The van der Waals surface area contributed by atoms with Crippen molar-refractivity contribution in [2.75, 3.05) is 12.8 Å². The van der Waals surface area contributed by atoms with Gasteiger partial charge in [0, 0.05) is 17.8 Å². The number of nitrogens with zero attached hydrogens (tertiary/aromatic N) is 4. The minimum absolute atomic E-state index is 0.101. The highest BCUT2D eigenvalue weighted by atomic mass is 16.5. The highest BCUT2D eigenvalue weighted by Crippen LogP contribution is 2.34. The molecule has 2 unspecified atom stereocenters. The van der Waals surface area contributed by atoms with Gasteiger partial charge in [0.05, 0.1) is 12.8 Å². The fourth-order valence-electron chi connectivity index (χ4n) is 4.99. The second-order valence-corrected chi connectivity index (χ2v) is 8.84. The molecule has 0 aliphatic heterocycles. The molecule has 0 spiro atoms. The number of benzene rings is 1. The van der Waals surface area contributed by atoms with Gasteiger partial charge in [-0.1, -0.05) is 36.8 Å². The Morgan fingerprint density at radius 2 is 2.00 bits per heavy atom. The van der Waals surface area contributed by atoms with Gasteiger partial charge in [0.2, 0.25) is 5.88 Å². The van der Waals surface area contributed by atoms with E-state index in [1.807, 2.05) is 19.1 Å². The fraction of sp³-hybridized carbons (Fsp3) is 0.308. The van der Waals surface area contributed by atoms with Crippen LogP contribution >= 0.6 is 0 Å². The number of aryl methyl sites for hydroxylation is 1. The van der Waals surface area contributed by atoms with Crippen LogP contribution in [0.5, 0.6) is 5.88 Å². The van der Waals surface area contributed by atoms with Gasteiger partial charge in [-0.25, -0.2) is 14.5 Å². The minimum atomic E-state index is -0.184. The summed E-state index contributed by atoms with van der Waals surface area (Å²) in [7, 11) is 1.52. The zero-order valence-electron chi connectivity index (χ0n) is 19.4. The number of hydrogen-bond acceptors (Lipinski definition) is 6. The van der Waals surface area contributed by atoms with Crippen LogP contribution < -0.4 is 15.8 Å². The first-order valence-corrected chi connectivity index (χ1v) is 11.5. The van der Waals surface area contributed by atoms with Crippen molar-refractivity contribution in [3.05, 3.63) is 71.7 Å². The molecule has 4 aromatic rings. The number of ether oxygens (including phenoxy) is 1. The number of nitrogens with one attached hydrogen (secondary N) is 1. The largest absolute Gasteiger partial charge is 0.480 e. The van der Waals surface area contributed by atoms with Crippen molar-refractivity contribution < 1.29 is 9.53 Å². The van der Waals surface area contributed by atoms with Gasteiger partial charge in [0.25, 0.3) is 5.91 Å². The van der Waals surface area contributed by atoms with E-state index in [1.165, 1.54) is 19.0 Å². The van der Waals surface area contributed by atoms with E-state index in [4.69, 9.17) is 10.5 Å². The molecule has 2 atom stereocenters. The number of carbonyl (C=O) groups excluding carboxylic acids is 1. The van der Waals surface area contributed by atoms with E-state index in [-0.39, 0.29) is 11.9 Å². The standard InChI is InChI=1S/C26H28N6O2/c1-16-11-22(32-23(16)24(27)29-15-30-32)19-13-21(26(34-2)28-14-19)25(33)31-20-10-6-9-18(12-20)17-7-4-3-5-8-17/h3-5,7-8,11,13-15,18,20H,6,9-10,12H2,1-2H3,(H,31,33)(H2,27,29,30). The van der Waals surface area contributed by atoms with Crippen LogP contribution in [-0.4, -0.2) is 38.6 Å². The van der Waals surface area contributed by atoms with Crippen molar-refractivity contribution in [2.24, 2.45) is 0 Å². The minimum Gasteiger partial charge on any atom is -0.480 e. The summed E-state index contributed by atoms with van der Waals surface area (Å²) in [5.74, 6) is 0.968. The normalized spacial score (nSPS) is 18.1. The number of aromatic nitrogens is 4. The summed E-state index contributed by atoms with van der Waals surface area (Å²) >= 11 is 0. The highest BCUT2D eigenvalue weighted by Gasteiger charge is 2.26. The molecule has 0 bridgehead atoms. The third-order valence-electron chi connectivity index (χ3n) is 6.64. The molecule has 1 amide bonds. The lowest BCUT2D eigenvalue weighted by Gasteiger charge is -2.30. The number of anilines is 1. The molecular weight excluding hydrogens is 428 g/mol. The summed E-state index contributed by atoms with van der Waals surface area (Å²) < 4.78 is 7.15. The number of nitrogens with two attached hydrogens (primary N) is 1. The van der Waals surface area contributed by atoms with Crippen LogP contribution in [-0.2, 0) is 0 Å². The second kappa shape index (κ2) is 9.13. The molecule has 8 heteroatoms. The Kier molecular flexibility index (Phi) is 5.88. The highest BCUT2D eigenvalue weighted by molar-refractivity contribution is 5.97. The molecule has 174 valence electrons. The average Bonchev–Trinajstić information content (AvgIpc) is 3.22. The Bertz CT molecular complexity index is 1330. The van der Waals surface area contributed by atoms with Crippen molar-refractivity contribution >= 4 is 17.2 Å². The molecule has 1 aliphatic carbocycles. The zero-order chi connectivity index (χ0) is 23.7. The molecule has 3 N–H and O–H groups in total. The Morgan fingerprint density at radius 1 is 1.18 bits per heavy atom. The number of amides is 1.